The van der Waals surface area contributed by atoms with Gasteiger partial charge in [-0.1, -0.05) is 12.1 Å². The van der Waals surface area contributed by atoms with Gasteiger partial charge in [-0.05, 0) is 53.3 Å². The molecule has 0 spiro atoms. The number of nitrogens with one attached hydrogen (secondary N) is 1. The Bertz CT molecular complexity index is 1130. The van der Waals surface area contributed by atoms with Crippen molar-refractivity contribution < 1.29 is 4.79 Å². The highest BCUT2D eigenvalue weighted by atomic mass is 32.1. The van der Waals surface area contributed by atoms with Gasteiger partial charge in [-0.25, -0.2) is 9.67 Å². The van der Waals surface area contributed by atoms with Crippen LogP contribution in [-0.2, 0) is 6.42 Å². The number of benzene rings is 1. The molecule has 7 heteroatoms. The normalized spacial score (nSPS) is 14.4. The van der Waals surface area contributed by atoms with E-state index < -0.39 is 0 Å². The Kier molecular flexibility index (Phi) is 4.83. The van der Waals surface area contributed by atoms with Crippen LogP contribution in [0.15, 0.2) is 60.2 Å². The van der Waals surface area contributed by atoms with Gasteiger partial charge in [-0.3, -0.25) is 4.79 Å². The maximum absolute atomic E-state index is 13.0. The van der Waals surface area contributed by atoms with Crippen molar-refractivity contribution in [2.24, 2.45) is 0 Å². The number of thiophene rings is 1. The van der Waals surface area contributed by atoms with E-state index in [0.717, 1.165) is 54.1 Å². The van der Waals surface area contributed by atoms with Crippen molar-refractivity contribution in [3.8, 4) is 5.69 Å². The third-order valence-electron chi connectivity index (χ3n) is 5.21. The van der Waals surface area contributed by atoms with Gasteiger partial charge >= 0.3 is 0 Å². The number of aromatic nitrogens is 3. The fourth-order valence-corrected chi connectivity index (χ4v) is 4.55. The highest BCUT2D eigenvalue weighted by Crippen LogP contribution is 2.27. The highest BCUT2D eigenvalue weighted by Gasteiger charge is 2.21. The molecular weight excluding hydrogens is 382 g/mol. The van der Waals surface area contributed by atoms with Crippen molar-refractivity contribution in [3.63, 3.8) is 0 Å². The lowest BCUT2D eigenvalue weighted by Gasteiger charge is -2.27. The Morgan fingerprint density at radius 3 is 2.72 bits per heavy atom. The summed E-state index contributed by atoms with van der Waals surface area (Å²) in [4.78, 5) is 19.5. The number of piperazine rings is 1. The van der Waals surface area contributed by atoms with E-state index in [1.807, 2.05) is 39.4 Å². The zero-order chi connectivity index (χ0) is 19.6. The van der Waals surface area contributed by atoms with Gasteiger partial charge in [0.05, 0.1) is 15.9 Å². The summed E-state index contributed by atoms with van der Waals surface area (Å²) < 4.78 is 3.00. The second-order valence-electron chi connectivity index (χ2n) is 7.14. The molecule has 0 atom stereocenters. The Morgan fingerprint density at radius 1 is 1.14 bits per heavy atom. The molecule has 3 aromatic heterocycles. The van der Waals surface area contributed by atoms with E-state index in [9.17, 15) is 4.79 Å². The maximum atomic E-state index is 13.0. The molecule has 0 aliphatic carbocycles. The van der Waals surface area contributed by atoms with Crippen LogP contribution in [0.25, 0.3) is 15.9 Å². The van der Waals surface area contributed by atoms with Crippen molar-refractivity contribution in [1.29, 1.82) is 0 Å². The molecule has 6 nitrogen and oxygen atoms in total. The Hall–Kier alpha value is -3.03. The van der Waals surface area contributed by atoms with Crippen LogP contribution in [0.2, 0.25) is 0 Å². The van der Waals surface area contributed by atoms with Crippen molar-refractivity contribution in [2.75, 3.05) is 26.2 Å². The van der Waals surface area contributed by atoms with Crippen molar-refractivity contribution >= 4 is 27.5 Å². The number of fused-ring (bicyclic) bond motifs is 1. The van der Waals surface area contributed by atoms with Gasteiger partial charge in [-0.2, -0.15) is 5.10 Å². The summed E-state index contributed by atoms with van der Waals surface area (Å²) in [5.41, 5.74) is 4.82. The van der Waals surface area contributed by atoms with E-state index in [1.54, 1.807) is 17.5 Å². The average Bonchev–Trinajstić information content (AvgIpc) is 3.46. The molecule has 29 heavy (non-hydrogen) atoms. The summed E-state index contributed by atoms with van der Waals surface area (Å²) in [7, 11) is 0. The van der Waals surface area contributed by atoms with E-state index >= 15 is 0 Å². The molecule has 1 aliphatic rings. The minimum absolute atomic E-state index is 0.0230. The lowest BCUT2D eigenvalue weighted by atomic mass is 10.0. The first-order valence-corrected chi connectivity index (χ1v) is 10.6. The summed E-state index contributed by atoms with van der Waals surface area (Å²) in [6.45, 7) is 3.13. The van der Waals surface area contributed by atoms with Crippen LogP contribution >= 0.6 is 11.3 Å². The number of hydrogen-bond acceptors (Lipinski definition) is 5. The molecular formula is C22H21N5OS. The third-order valence-corrected chi connectivity index (χ3v) is 6.19. The number of hydrogen-bond donors (Lipinski definition) is 1. The zero-order valence-electron chi connectivity index (χ0n) is 15.9. The van der Waals surface area contributed by atoms with E-state index in [2.05, 4.69) is 39.7 Å². The topological polar surface area (TPSA) is 63.1 Å². The fraction of sp³-hybridized carbons (Fsp3) is 0.227. The van der Waals surface area contributed by atoms with Crippen LogP contribution in [0.3, 0.4) is 0 Å². The summed E-state index contributed by atoms with van der Waals surface area (Å²) >= 11 is 1.68. The minimum Gasteiger partial charge on any atom is -0.335 e. The van der Waals surface area contributed by atoms with Crippen molar-refractivity contribution in [3.05, 3.63) is 77.1 Å². The number of carbonyl (C=O) groups is 1. The first-order chi connectivity index (χ1) is 14.3. The van der Waals surface area contributed by atoms with Crippen molar-refractivity contribution in [1.82, 2.24) is 25.0 Å². The highest BCUT2D eigenvalue weighted by molar-refractivity contribution is 7.17. The molecule has 0 bridgehead atoms. The van der Waals surface area contributed by atoms with Crippen LogP contribution in [0, 0.1) is 0 Å². The number of amides is 1. The quantitative estimate of drug-likeness (QED) is 0.569. The van der Waals surface area contributed by atoms with Crippen molar-refractivity contribution in [2.45, 2.75) is 6.42 Å². The van der Waals surface area contributed by atoms with E-state index in [1.165, 1.54) is 5.56 Å². The smallest absolute Gasteiger partial charge is 0.272 e. The number of nitrogens with zero attached hydrogens (tertiary/aromatic N) is 4. The van der Waals surface area contributed by atoms with Gasteiger partial charge in [0.1, 0.15) is 5.69 Å². The molecule has 1 saturated heterocycles. The van der Waals surface area contributed by atoms with Gasteiger partial charge < -0.3 is 10.2 Å². The summed E-state index contributed by atoms with van der Waals surface area (Å²) in [6.07, 6.45) is 4.47. The fourth-order valence-electron chi connectivity index (χ4n) is 3.70. The van der Waals surface area contributed by atoms with Crippen LogP contribution in [0.5, 0.6) is 0 Å². The zero-order valence-corrected chi connectivity index (χ0v) is 16.7. The molecule has 5 rings (SSSR count). The van der Waals surface area contributed by atoms with Crippen LogP contribution in [-0.4, -0.2) is 51.8 Å². The summed E-state index contributed by atoms with van der Waals surface area (Å²) in [6, 6.07) is 14.3. The first-order valence-electron chi connectivity index (χ1n) is 9.74. The number of pyridine rings is 1. The molecule has 0 radical (unpaired) electrons. The molecule has 0 saturated carbocycles. The van der Waals surface area contributed by atoms with Crippen LogP contribution in [0.1, 0.15) is 21.6 Å². The van der Waals surface area contributed by atoms with Gasteiger partial charge in [0, 0.05) is 38.6 Å². The third kappa shape index (κ3) is 3.66. The lowest BCUT2D eigenvalue weighted by molar-refractivity contribution is 0.0730. The van der Waals surface area contributed by atoms with Gasteiger partial charge in [0.2, 0.25) is 0 Å². The molecule has 4 aromatic rings. The van der Waals surface area contributed by atoms with E-state index in [4.69, 9.17) is 0 Å². The van der Waals surface area contributed by atoms with Gasteiger partial charge in [0.15, 0.2) is 0 Å². The number of rotatable bonds is 4. The molecule has 1 amide bonds. The molecule has 1 aromatic carbocycles. The van der Waals surface area contributed by atoms with Gasteiger partial charge in [-0.15, -0.1) is 11.3 Å². The SMILES string of the molecule is O=C(c1cc(Cc2ccc(-n3cccn3)cc2)c2sccc2n1)N1CCNCC1. The van der Waals surface area contributed by atoms with E-state index in [-0.39, 0.29) is 5.91 Å². The molecule has 1 fully saturated rings. The first kappa shape index (κ1) is 18.0. The van der Waals surface area contributed by atoms with E-state index in [0.29, 0.717) is 5.69 Å². The number of carbonyl (C=O) groups excluding carboxylic acids is 1. The Balaban J connectivity index is 1.44. The van der Waals surface area contributed by atoms with Crippen LogP contribution in [0.4, 0.5) is 0 Å². The Morgan fingerprint density at radius 2 is 1.97 bits per heavy atom. The average molecular weight is 404 g/mol. The van der Waals surface area contributed by atoms with Crippen LogP contribution < -0.4 is 5.32 Å². The molecule has 1 aliphatic heterocycles. The second kappa shape index (κ2) is 7.77. The summed E-state index contributed by atoms with van der Waals surface area (Å²) in [5.74, 6) is 0.0230. The predicted octanol–water partition coefficient (Wildman–Crippen LogP) is 3.12. The standard InChI is InChI=1S/C22H21N5OS/c28-22(26-11-8-23-9-12-26)20-15-17(21-19(25-20)6-13-29-21)14-16-2-4-18(5-3-16)27-10-1-7-24-27/h1-7,10,13,15,23H,8-9,11-12,14H2. The van der Waals surface area contributed by atoms with Gasteiger partial charge in [0.25, 0.3) is 5.91 Å². The minimum atomic E-state index is 0.0230. The predicted molar refractivity (Wildman–Crippen MR) is 115 cm³/mol. The Labute approximate surface area is 172 Å². The second-order valence-corrected chi connectivity index (χ2v) is 8.05. The maximum Gasteiger partial charge on any atom is 0.272 e. The monoisotopic (exact) mass is 403 g/mol. The largest absolute Gasteiger partial charge is 0.335 e. The molecule has 1 N–H and O–H groups in total. The molecule has 0 unspecified atom stereocenters. The summed E-state index contributed by atoms with van der Waals surface area (Å²) in [5, 5.41) is 9.60. The molecule has 146 valence electrons. The lowest BCUT2D eigenvalue weighted by Crippen LogP contribution is -2.46. The molecule has 4 heterocycles.